The Morgan fingerprint density at radius 2 is 1.88 bits per heavy atom. The van der Waals surface area contributed by atoms with E-state index in [1.807, 2.05) is 35.9 Å². The Labute approximate surface area is 370 Å². The predicted octanol–water partition coefficient (Wildman–Crippen LogP) is 6.01. The SMILES string of the molecule is COc1cccc(Cn2ncc3c4sc(COCCN5CCC(C(=O)NCCC#Cc6ccc(OCc7ccc(F)c(C(F)(F)F)c7)c(CNCCO)c6)CC5)nc4n(C)c3c2=O)c1. The van der Waals surface area contributed by atoms with E-state index in [2.05, 4.69) is 32.5 Å². The summed E-state index contributed by atoms with van der Waals surface area (Å²) in [7, 11) is 3.45. The van der Waals surface area contributed by atoms with Crippen LogP contribution in [-0.4, -0.2) is 88.3 Å². The molecule has 0 saturated carbocycles. The molecule has 3 aromatic carbocycles. The van der Waals surface area contributed by atoms with Crippen molar-refractivity contribution in [2.45, 2.75) is 51.7 Å². The van der Waals surface area contributed by atoms with Gasteiger partial charge in [0.25, 0.3) is 5.56 Å². The number of piperidine rings is 1. The van der Waals surface area contributed by atoms with Crippen molar-refractivity contribution in [1.82, 2.24) is 34.9 Å². The van der Waals surface area contributed by atoms with Crippen LogP contribution in [-0.2, 0) is 49.1 Å². The van der Waals surface area contributed by atoms with E-state index >= 15 is 0 Å². The highest BCUT2D eigenvalue weighted by atomic mass is 32.1. The lowest BCUT2D eigenvalue weighted by atomic mass is 9.96. The third-order valence-corrected chi connectivity index (χ3v) is 12.0. The van der Waals surface area contributed by atoms with Crippen molar-refractivity contribution in [3.63, 3.8) is 0 Å². The van der Waals surface area contributed by atoms with Crippen molar-refractivity contribution in [2.75, 3.05) is 53.0 Å². The zero-order valence-corrected chi connectivity index (χ0v) is 36.3. The second kappa shape index (κ2) is 21.2. The maximum Gasteiger partial charge on any atom is 0.419 e. The Morgan fingerprint density at radius 3 is 2.66 bits per heavy atom. The molecule has 0 bridgehead atoms. The predicted molar refractivity (Wildman–Crippen MR) is 235 cm³/mol. The first kappa shape index (κ1) is 46.2. The highest BCUT2D eigenvalue weighted by molar-refractivity contribution is 7.19. The van der Waals surface area contributed by atoms with Crippen LogP contribution in [0.1, 0.15) is 52.1 Å². The van der Waals surface area contributed by atoms with Crippen LogP contribution in [0.3, 0.4) is 0 Å². The third-order valence-electron chi connectivity index (χ3n) is 10.9. The number of halogens is 4. The lowest BCUT2D eigenvalue weighted by Crippen LogP contribution is -2.41. The van der Waals surface area contributed by atoms with Gasteiger partial charge in [0.1, 0.15) is 34.4 Å². The molecule has 1 saturated heterocycles. The van der Waals surface area contributed by atoms with Crippen LogP contribution >= 0.6 is 11.3 Å². The number of aromatic nitrogens is 4. The number of ether oxygens (including phenoxy) is 3. The molecule has 338 valence electrons. The molecule has 1 fully saturated rings. The van der Waals surface area contributed by atoms with Gasteiger partial charge in [0, 0.05) is 62.1 Å². The van der Waals surface area contributed by atoms with Crippen molar-refractivity contribution >= 4 is 38.5 Å². The molecule has 3 aromatic heterocycles. The van der Waals surface area contributed by atoms with Gasteiger partial charge in [-0.1, -0.05) is 30.0 Å². The molecular weight excluding hydrogens is 855 g/mol. The Hall–Kier alpha value is -5.84. The largest absolute Gasteiger partial charge is 0.497 e. The number of carbonyl (C=O) groups is 1. The van der Waals surface area contributed by atoms with Crippen molar-refractivity contribution in [2.24, 2.45) is 13.0 Å². The molecule has 3 N–H and O–H groups in total. The highest BCUT2D eigenvalue weighted by Gasteiger charge is 2.34. The molecule has 1 aliphatic rings. The fraction of sp³-hybridized carbons (Fsp3) is 0.391. The summed E-state index contributed by atoms with van der Waals surface area (Å²) in [5.74, 6) is 5.87. The van der Waals surface area contributed by atoms with Gasteiger partial charge in [-0.2, -0.15) is 18.3 Å². The van der Waals surface area contributed by atoms with Crippen LogP contribution in [0, 0.1) is 23.6 Å². The van der Waals surface area contributed by atoms with Gasteiger partial charge in [0.15, 0.2) is 5.65 Å². The topological polar surface area (TPSA) is 145 Å². The van der Waals surface area contributed by atoms with Gasteiger partial charge in [0.2, 0.25) is 5.91 Å². The van der Waals surface area contributed by atoms with Crippen LogP contribution in [0.2, 0.25) is 0 Å². The second-order valence-corrected chi connectivity index (χ2v) is 16.5. The summed E-state index contributed by atoms with van der Waals surface area (Å²) in [5, 5.41) is 21.3. The van der Waals surface area contributed by atoms with Crippen LogP contribution < -0.4 is 25.7 Å². The number of aliphatic hydroxyl groups excluding tert-OH is 1. The monoisotopic (exact) mass is 903 g/mol. The summed E-state index contributed by atoms with van der Waals surface area (Å²) >= 11 is 1.50. The normalized spacial score (nSPS) is 13.6. The first-order valence-electron chi connectivity index (χ1n) is 20.9. The highest BCUT2D eigenvalue weighted by Crippen LogP contribution is 2.33. The molecule has 18 heteroatoms. The Balaban J connectivity index is 0.823. The van der Waals surface area contributed by atoms with Crippen LogP contribution in [0.5, 0.6) is 11.5 Å². The number of hydrogen-bond acceptors (Lipinski definition) is 11. The van der Waals surface area contributed by atoms with Gasteiger partial charge in [-0.25, -0.2) is 14.1 Å². The van der Waals surface area contributed by atoms with Gasteiger partial charge in [-0.05, 0) is 79.5 Å². The molecule has 0 unspecified atom stereocenters. The molecule has 6 aromatic rings. The molecule has 64 heavy (non-hydrogen) atoms. The number of aliphatic hydroxyl groups is 1. The molecule has 0 aliphatic carbocycles. The van der Waals surface area contributed by atoms with E-state index in [1.165, 1.54) is 22.1 Å². The number of carbonyl (C=O) groups excluding carboxylic acids is 1. The summed E-state index contributed by atoms with van der Waals surface area (Å²) in [6.45, 7) is 4.21. The zero-order chi connectivity index (χ0) is 45.2. The number of likely N-dealkylation sites (tertiary alicyclic amines) is 1. The third kappa shape index (κ3) is 11.5. The number of nitrogens with one attached hydrogen (secondary N) is 2. The molecular formula is C46H49F4N7O6S. The van der Waals surface area contributed by atoms with E-state index in [1.54, 1.807) is 31.5 Å². The van der Waals surface area contributed by atoms with Crippen LogP contribution in [0.15, 0.2) is 71.7 Å². The number of rotatable bonds is 18. The minimum Gasteiger partial charge on any atom is -0.497 e. The molecule has 0 spiro atoms. The second-order valence-electron chi connectivity index (χ2n) is 15.4. The maximum absolute atomic E-state index is 13.7. The molecule has 7 rings (SSSR count). The van der Waals surface area contributed by atoms with Crippen molar-refractivity contribution < 1.29 is 41.7 Å². The van der Waals surface area contributed by atoms with E-state index < -0.39 is 17.6 Å². The number of thiazole rings is 1. The smallest absolute Gasteiger partial charge is 0.419 e. The van der Waals surface area contributed by atoms with Gasteiger partial charge < -0.3 is 39.4 Å². The van der Waals surface area contributed by atoms with Crippen molar-refractivity contribution in [1.29, 1.82) is 0 Å². The number of nitrogens with zero attached hydrogens (tertiary/aromatic N) is 5. The summed E-state index contributed by atoms with van der Waals surface area (Å²) in [4.78, 5) is 33.5. The maximum atomic E-state index is 13.7. The minimum absolute atomic E-state index is 0.00860. The van der Waals surface area contributed by atoms with Crippen molar-refractivity contribution in [3.05, 3.63) is 116 Å². The number of hydrogen-bond donors (Lipinski definition) is 3. The molecule has 0 radical (unpaired) electrons. The van der Waals surface area contributed by atoms with Gasteiger partial charge in [-0.3, -0.25) is 9.59 Å². The Bertz CT molecular complexity index is 2700. The molecule has 13 nitrogen and oxygen atoms in total. The number of amides is 1. The lowest BCUT2D eigenvalue weighted by Gasteiger charge is -2.31. The molecule has 0 atom stereocenters. The number of methoxy groups -OCH3 is 1. The van der Waals surface area contributed by atoms with E-state index in [9.17, 15) is 32.3 Å². The Morgan fingerprint density at radius 1 is 1.05 bits per heavy atom. The fourth-order valence-corrected chi connectivity index (χ4v) is 8.60. The first-order valence-corrected chi connectivity index (χ1v) is 21.7. The van der Waals surface area contributed by atoms with Crippen LogP contribution in [0.4, 0.5) is 17.6 Å². The van der Waals surface area contributed by atoms with E-state index in [-0.39, 0.29) is 36.2 Å². The van der Waals surface area contributed by atoms with Gasteiger partial charge in [0.05, 0.1) is 49.9 Å². The fourth-order valence-electron chi connectivity index (χ4n) is 7.56. The summed E-state index contributed by atoms with van der Waals surface area (Å²) in [6, 6.07) is 15.5. The van der Waals surface area contributed by atoms with E-state index in [0.29, 0.717) is 74.0 Å². The minimum atomic E-state index is -4.82. The summed E-state index contributed by atoms with van der Waals surface area (Å²) in [5.41, 5.74) is 2.16. The average molecular weight is 904 g/mol. The average Bonchev–Trinajstić information content (AvgIpc) is 3.83. The standard InChI is InChI=1S/C46H49F4N7O6S/c1-55-41-36(26-53-57(45(41)60)27-31-7-5-8-35(23-31)61-2)42-43(55)54-40(64-42)29-62-21-19-56-17-13-33(14-18-56)44(59)52-15-4-3-6-30-10-12-39(34(22-30)25-51-16-20-58)63-28-32-9-11-38(47)37(24-32)46(48,49)50/h5,7-12,22-24,26,33,51,58H,4,13-21,25,27-29H2,1-2H3,(H,52,59). The van der Waals surface area contributed by atoms with E-state index in [0.717, 1.165) is 70.9 Å². The quantitative estimate of drug-likeness (QED) is 0.0534. The van der Waals surface area contributed by atoms with Crippen LogP contribution in [0.25, 0.3) is 21.3 Å². The lowest BCUT2D eigenvalue weighted by molar-refractivity contribution is -0.140. The van der Waals surface area contributed by atoms with Crippen molar-refractivity contribution in [3.8, 4) is 23.3 Å². The summed E-state index contributed by atoms with van der Waals surface area (Å²) in [6.07, 6.45) is -1.19. The van der Waals surface area contributed by atoms with Gasteiger partial charge in [-0.15, -0.1) is 11.3 Å². The number of benzene rings is 3. The van der Waals surface area contributed by atoms with Gasteiger partial charge >= 0.3 is 6.18 Å². The first-order chi connectivity index (χ1) is 30.9. The number of aryl methyl sites for hydroxylation is 1. The number of fused-ring (bicyclic) bond motifs is 3. The zero-order valence-electron chi connectivity index (χ0n) is 35.5. The molecule has 4 heterocycles. The molecule has 1 aliphatic heterocycles. The summed E-state index contributed by atoms with van der Waals surface area (Å²) < 4.78 is 74.6. The molecule has 1 amide bonds. The van der Waals surface area contributed by atoms with E-state index in [4.69, 9.17) is 19.2 Å². The number of alkyl halides is 3. The Kier molecular flexibility index (Phi) is 15.3.